The number of nitrogens with one attached hydrogen (secondary N) is 2. The molecule has 0 amide bonds. The van der Waals surface area contributed by atoms with Crippen LogP contribution in [0.4, 0.5) is 11.4 Å². The lowest BCUT2D eigenvalue weighted by Crippen LogP contribution is -2.27. The maximum absolute atomic E-state index is 11.5. The van der Waals surface area contributed by atoms with Gasteiger partial charge in [0.1, 0.15) is 0 Å². The van der Waals surface area contributed by atoms with Crippen LogP contribution in [0, 0.1) is 0 Å². The summed E-state index contributed by atoms with van der Waals surface area (Å²) in [5.74, 6) is -0.795. The van der Waals surface area contributed by atoms with Gasteiger partial charge in [-0.25, -0.2) is 0 Å². The SMILES string of the molecule is CC(CO)Nc1c([O-])[c+](NC(C)CO)[c+]1[O-]. The Morgan fingerprint density at radius 2 is 1.81 bits per heavy atom. The van der Waals surface area contributed by atoms with Crippen LogP contribution >= 0.6 is 0 Å². The van der Waals surface area contributed by atoms with Gasteiger partial charge in [0, 0.05) is 0 Å². The molecule has 4 N–H and O–H groups in total. The van der Waals surface area contributed by atoms with Gasteiger partial charge in [-0.1, -0.05) is 0 Å². The minimum absolute atomic E-state index is 0.00538. The highest BCUT2D eigenvalue weighted by Gasteiger charge is 2.30. The van der Waals surface area contributed by atoms with Gasteiger partial charge in [-0.3, -0.25) is 0 Å². The average Bonchev–Trinajstić information content (AvgIpc) is 2.31. The van der Waals surface area contributed by atoms with Crippen molar-refractivity contribution in [2.75, 3.05) is 23.8 Å². The van der Waals surface area contributed by atoms with Crippen molar-refractivity contribution in [1.82, 2.24) is 0 Å². The maximum Gasteiger partial charge on any atom is 0.249 e. The summed E-state index contributed by atoms with van der Waals surface area (Å²) in [7, 11) is 0. The highest BCUT2D eigenvalue weighted by molar-refractivity contribution is 5.90. The minimum Gasteiger partial charge on any atom is -0.790 e. The van der Waals surface area contributed by atoms with Crippen LogP contribution < -0.4 is 20.8 Å². The Morgan fingerprint density at radius 3 is 2.25 bits per heavy atom. The van der Waals surface area contributed by atoms with Gasteiger partial charge in [0.2, 0.25) is 11.4 Å². The molecule has 0 bridgehead atoms. The van der Waals surface area contributed by atoms with Crippen LogP contribution in [0.5, 0.6) is 11.5 Å². The largest absolute Gasteiger partial charge is 0.790 e. The zero-order valence-electron chi connectivity index (χ0n) is 9.28. The van der Waals surface area contributed by atoms with Gasteiger partial charge >= 0.3 is 0 Å². The fourth-order valence-corrected chi connectivity index (χ4v) is 1.24. The minimum atomic E-state index is -0.398. The van der Waals surface area contributed by atoms with E-state index in [2.05, 4.69) is 10.6 Å². The number of hydrogen-bond acceptors (Lipinski definition) is 6. The highest BCUT2D eigenvalue weighted by atomic mass is 16.3. The molecule has 2 unspecified atom stereocenters. The molecular formula is C10H16N2O4. The Hall–Kier alpha value is -1.40. The number of hydrogen-bond donors (Lipinski definition) is 4. The van der Waals surface area contributed by atoms with E-state index in [0.29, 0.717) is 0 Å². The molecule has 0 aliphatic rings. The molecular weight excluding hydrogens is 212 g/mol. The molecule has 0 heterocycles. The van der Waals surface area contributed by atoms with E-state index in [1.807, 2.05) is 0 Å². The standard InChI is InChI=1S/C10H16N2O4/c1-5(3-13)11-7-9(15)8(10(7)16)12-6(2)4-14/h5-6,11-14H,3-4H2,1-2H3. The molecule has 6 heteroatoms. The van der Waals surface area contributed by atoms with Gasteiger partial charge in [-0.05, 0) is 13.8 Å². The highest BCUT2D eigenvalue weighted by Crippen LogP contribution is 2.48. The zero-order chi connectivity index (χ0) is 12.3. The summed E-state index contributed by atoms with van der Waals surface area (Å²) in [4.78, 5) is 0. The lowest BCUT2D eigenvalue weighted by molar-refractivity contribution is -0.287. The molecule has 0 saturated heterocycles. The first-order valence-electron chi connectivity index (χ1n) is 5.09. The normalized spacial score (nSPS) is 14.8. The average molecular weight is 228 g/mol. The van der Waals surface area contributed by atoms with E-state index < -0.39 is 11.5 Å². The van der Waals surface area contributed by atoms with Gasteiger partial charge in [-0.15, -0.1) is 0 Å². The molecule has 0 aliphatic heterocycles. The molecule has 90 valence electrons. The first-order chi connectivity index (χ1) is 7.51. The molecule has 0 radical (unpaired) electrons. The number of anilines is 2. The van der Waals surface area contributed by atoms with Gasteiger partial charge in [0.05, 0.1) is 25.3 Å². The summed E-state index contributed by atoms with van der Waals surface area (Å²) in [5, 5.41) is 45.8. The third-order valence-electron chi connectivity index (χ3n) is 2.24. The third kappa shape index (κ3) is 2.40. The van der Waals surface area contributed by atoms with Crippen molar-refractivity contribution in [2.45, 2.75) is 25.9 Å². The van der Waals surface area contributed by atoms with E-state index in [-0.39, 0.29) is 36.7 Å². The van der Waals surface area contributed by atoms with Crippen LogP contribution in [0.1, 0.15) is 13.8 Å². The van der Waals surface area contributed by atoms with E-state index in [1.54, 1.807) is 13.8 Å². The van der Waals surface area contributed by atoms with E-state index in [1.165, 1.54) is 0 Å². The van der Waals surface area contributed by atoms with Crippen LogP contribution in [0.15, 0.2) is 0 Å². The molecule has 1 aromatic carbocycles. The second-order valence-electron chi connectivity index (χ2n) is 3.86. The van der Waals surface area contributed by atoms with Crippen molar-refractivity contribution < 1.29 is 20.4 Å². The number of aliphatic hydroxyl groups excluding tert-OH is 2. The summed E-state index contributed by atoms with van der Waals surface area (Å²) in [6.07, 6.45) is 0. The monoisotopic (exact) mass is 228 g/mol. The van der Waals surface area contributed by atoms with Crippen molar-refractivity contribution in [2.24, 2.45) is 0 Å². The topological polar surface area (TPSA) is 111 Å². The molecule has 0 saturated carbocycles. The van der Waals surface area contributed by atoms with E-state index in [4.69, 9.17) is 10.2 Å². The molecule has 1 rings (SSSR count). The smallest absolute Gasteiger partial charge is 0.249 e. The summed E-state index contributed by atoms with van der Waals surface area (Å²) in [6, 6.07) is -0.667. The fourth-order valence-electron chi connectivity index (χ4n) is 1.24. The fraction of sp³-hybridized carbons (Fsp3) is 0.600. The van der Waals surface area contributed by atoms with E-state index in [0.717, 1.165) is 0 Å². The van der Waals surface area contributed by atoms with Crippen molar-refractivity contribution in [3.8, 4) is 11.5 Å². The summed E-state index contributed by atoms with van der Waals surface area (Å²) in [5.41, 5.74) is -0.0108. The molecule has 6 nitrogen and oxygen atoms in total. The van der Waals surface area contributed by atoms with Gasteiger partial charge in [0.15, 0.2) is 11.5 Å². The molecule has 0 fully saturated rings. The first kappa shape index (κ1) is 12.7. The Kier molecular flexibility index (Phi) is 4.03. The van der Waals surface area contributed by atoms with Crippen LogP contribution in [-0.4, -0.2) is 35.5 Å². The van der Waals surface area contributed by atoms with Gasteiger partial charge in [-0.2, -0.15) is 0 Å². The van der Waals surface area contributed by atoms with Gasteiger partial charge < -0.3 is 31.1 Å². The summed E-state index contributed by atoms with van der Waals surface area (Å²) in [6.45, 7) is 3.02. The van der Waals surface area contributed by atoms with Crippen LogP contribution in [0.3, 0.4) is 0 Å². The first-order valence-corrected chi connectivity index (χ1v) is 5.09. The zero-order valence-corrected chi connectivity index (χ0v) is 9.28. The van der Waals surface area contributed by atoms with Crippen molar-refractivity contribution in [1.29, 1.82) is 0 Å². The quantitative estimate of drug-likeness (QED) is 0.458. The second kappa shape index (κ2) is 5.09. The van der Waals surface area contributed by atoms with E-state index in [9.17, 15) is 10.2 Å². The summed E-state index contributed by atoms with van der Waals surface area (Å²) < 4.78 is 0. The predicted molar refractivity (Wildman–Crippen MR) is 56.9 cm³/mol. The molecule has 0 aromatic heterocycles. The Labute approximate surface area is 93.9 Å². The van der Waals surface area contributed by atoms with Crippen LogP contribution in [0.2, 0.25) is 0 Å². The van der Waals surface area contributed by atoms with Crippen LogP contribution in [-0.2, 0) is 0 Å². The second-order valence-corrected chi connectivity index (χ2v) is 3.86. The lowest BCUT2D eigenvalue weighted by atomic mass is 10.1. The van der Waals surface area contributed by atoms with Crippen molar-refractivity contribution in [3.05, 3.63) is 0 Å². The molecule has 2 atom stereocenters. The lowest BCUT2D eigenvalue weighted by Gasteiger charge is -2.22. The molecule has 16 heavy (non-hydrogen) atoms. The van der Waals surface area contributed by atoms with Gasteiger partial charge in [0.25, 0.3) is 0 Å². The van der Waals surface area contributed by atoms with Crippen molar-refractivity contribution in [3.63, 3.8) is 0 Å². The molecule has 0 spiro atoms. The Balaban J connectivity index is 2.67. The Morgan fingerprint density at radius 1 is 1.25 bits per heavy atom. The number of aliphatic hydroxyl groups is 2. The third-order valence-corrected chi connectivity index (χ3v) is 2.24. The molecule has 0 aliphatic carbocycles. The Bertz CT molecular complexity index is 286. The maximum atomic E-state index is 11.5. The predicted octanol–water partition coefficient (Wildman–Crippen LogP) is -1.14. The molecule has 1 aromatic rings. The summed E-state index contributed by atoms with van der Waals surface area (Å²) >= 11 is 0. The van der Waals surface area contributed by atoms with E-state index >= 15 is 0 Å². The van der Waals surface area contributed by atoms with Crippen molar-refractivity contribution >= 4 is 11.4 Å². The van der Waals surface area contributed by atoms with Crippen LogP contribution in [0.25, 0.3) is 0 Å². The number of rotatable bonds is 6.